The second kappa shape index (κ2) is 10.8. The van der Waals surface area contributed by atoms with Crippen LogP contribution in [-0.4, -0.2) is 51.8 Å². The largest absolute Gasteiger partial charge is 0.483 e. The van der Waals surface area contributed by atoms with Gasteiger partial charge in [0.05, 0.1) is 22.7 Å². The number of nitrogens with zero attached hydrogens (tertiary/aromatic N) is 3. The van der Waals surface area contributed by atoms with Crippen molar-refractivity contribution in [2.75, 3.05) is 18.0 Å². The lowest BCUT2D eigenvalue weighted by Crippen LogP contribution is -2.62. The van der Waals surface area contributed by atoms with E-state index in [0.29, 0.717) is 25.1 Å². The van der Waals surface area contributed by atoms with Crippen molar-refractivity contribution in [2.45, 2.75) is 18.1 Å². The summed E-state index contributed by atoms with van der Waals surface area (Å²) < 4.78 is 0. The Balaban J connectivity index is 0.000000917. The van der Waals surface area contributed by atoms with Crippen molar-refractivity contribution in [3.8, 4) is 0 Å². The summed E-state index contributed by atoms with van der Waals surface area (Å²) in [5.41, 5.74) is 1.37. The van der Waals surface area contributed by atoms with Crippen LogP contribution in [0.4, 0.5) is 5.82 Å². The summed E-state index contributed by atoms with van der Waals surface area (Å²) in [6.45, 7) is 0.748. The highest BCUT2D eigenvalue weighted by Crippen LogP contribution is 2.35. The van der Waals surface area contributed by atoms with E-state index < -0.39 is 11.6 Å². The number of aliphatic hydroxyl groups excluding tert-OH is 1. The van der Waals surface area contributed by atoms with Gasteiger partial charge < -0.3 is 20.4 Å². The second-order valence-corrected chi connectivity index (χ2v) is 8.21. The monoisotopic (exact) mass is 470 g/mol. The number of pyridine rings is 2. The van der Waals surface area contributed by atoms with E-state index in [1.165, 1.54) is 6.20 Å². The van der Waals surface area contributed by atoms with E-state index in [2.05, 4.69) is 15.2 Å². The molecule has 1 saturated heterocycles. The Kier molecular flexibility index (Phi) is 7.32. The van der Waals surface area contributed by atoms with Crippen LogP contribution in [0.25, 0.3) is 10.9 Å². The second-order valence-electron chi connectivity index (χ2n) is 8.21. The van der Waals surface area contributed by atoms with E-state index in [9.17, 15) is 9.90 Å². The van der Waals surface area contributed by atoms with Gasteiger partial charge in [0.15, 0.2) is 0 Å². The standard InChI is InChI=1S/C26H24N4O2.CH2O2/c31-23-18-30(24-13-12-19-7-4-5-11-22(19)28-24)16-14-26(23,21-9-2-1-3-10-21)29-25(32)20-8-6-15-27-17-20;2-1-3/h1-13,15,17,23,31H,14,16,18H2,(H,29,32);1H,(H,2,3)/t23-,26-;/m1./s1. The molecule has 8 heteroatoms. The predicted octanol–water partition coefficient (Wildman–Crippen LogP) is 3.23. The molecule has 1 fully saturated rings. The highest BCUT2D eigenvalue weighted by molar-refractivity contribution is 5.94. The van der Waals surface area contributed by atoms with Gasteiger partial charge in [0.2, 0.25) is 0 Å². The molecular formula is C27H26N4O4. The molecular weight excluding hydrogens is 444 g/mol. The maximum Gasteiger partial charge on any atom is 0.290 e. The minimum absolute atomic E-state index is 0.250. The van der Waals surface area contributed by atoms with E-state index in [1.807, 2.05) is 66.7 Å². The molecule has 2 atom stereocenters. The number of anilines is 1. The average Bonchev–Trinajstić information content (AvgIpc) is 2.91. The third-order valence-electron chi connectivity index (χ3n) is 6.20. The number of hydrogen-bond donors (Lipinski definition) is 3. The average molecular weight is 471 g/mol. The van der Waals surface area contributed by atoms with Crippen LogP contribution in [-0.2, 0) is 10.3 Å². The fourth-order valence-corrected chi connectivity index (χ4v) is 4.44. The molecule has 0 unspecified atom stereocenters. The molecule has 0 spiro atoms. The van der Waals surface area contributed by atoms with Gasteiger partial charge in [-0.15, -0.1) is 0 Å². The molecule has 1 aliphatic heterocycles. The van der Waals surface area contributed by atoms with E-state index in [4.69, 9.17) is 14.9 Å². The lowest BCUT2D eigenvalue weighted by Gasteiger charge is -2.46. The molecule has 4 aromatic rings. The number of aromatic nitrogens is 2. The van der Waals surface area contributed by atoms with Gasteiger partial charge in [-0.1, -0.05) is 48.5 Å². The summed E-state index contributed by atoms with van der Waals surface area (Å²) in [6, 6.07) is 25.2. The molecule has 178 valence electrons. The third kappa shape index (κ3) is 5.12. The van der Waals surface area contributed by atoms with Crippen molar-refractivity contribution in [3.63, 3.8) is 0 Å². The Labute approximate surface area is 202 Å². The summed E-state index contributed by atoms with van der Waals surface area (Å²) in [4.78, 5) is 32.3. The molecule has 0 saturated carbocycles. The molecule has 3 heterocycles. The molecule has 0 aliphatic carbocycles. The van der Waals surface area contributed by atoms with E-state index in [0.717, 1.165) is 22.3 Å². The van der Waals surface area contributed by atoms with E-state index in [-0.39, 0.29) is 12.4 Å². The molecule has 3 N–H and O–H groups in total. The normalized spacial score (nSPS) is 19.3. The van der Waals surface area contributed by atoms with E-state index >= 15 is 0 Å². The third-order valence-corrected chi connectivity index (χ3v) is 6.20. The first-order valence-corrected chi connectivity index (χ1v) is 11.2. The van der Waals surface area contributed by atoms with Crippen LogP contribution < -0.4 is 10.2 Å². The summed E-state index contributed by atoms with van der Waals surface area (Å²) in [7, 11) is 0. The SMILES string of the molecule is O=C(N[C@@]1(c2ccccc2)CCN(c2ccc3ccccc3n2)C[C@H]1O)c1cccnc1.O=CO. The molecule has 0 bridgehead atoms. The quantitative estimate of drug-likeness (QED) is 0.392. The number of benzene rings is 2. The van der Waals surface area contributed by atoms with Gasteiger partial charge in [0.1, 0.15) is 5.82 Å². The number of carbonyl (C=O) groups is 2. The van der Waals surface area contributed by atoms with Gasteiger partial charge in [-0.25, -0.2) is 4.98 Å². The molecule has 1 amide bonds. The lowest BCUT2D eigenvalue weighted by molar-refractivity contribution is -0.122. The Bertz CT molecular complexity index is 1290. The Morgan fingerprint density at radius 3 is 2.49 bits per heavy atom. The van der Waals surface area contributed by atoms with Gasteiger partial charge in [-0.3, -0.25) is 14.6 Å². The Morgan fingerprint density at radius 1 is 1.03 bits per heavy atom. The van der Waals surface area contributed by atoms with Crippen molar-refractivity contribution in [2.24, 2.45) is 0 Å². The minimum atomic E-state index is -0.901. The van der Waals surface area contributed by atoms with Crippen LogP contribution >= 0.6 is 0 Å². The first-order chi connectivity index (χ1) is 17.1. The molecule has 2 aromatic heterocycles. The van der Waals surface area contributed by atoms with Crippen molar-refractivity contribution in [1.29, 1.82) is 0 Å². The number of carbonyl (C=O) groups excluding carboxylic acids is 1. The molecule has 8 nitrogen and oxygen atoms in total. The lowest BCUT2D eigenvalue weighted by atomic mass is 9.78. The number of β-amino-alcohol motifs (C(OH)–C–C–N with tert-alkyl or cyclic N) is 1. The van der Waals surface area contributed by atoms with Crippen molar-refractivity contribution < 1.29 is 19.8 Å². The predicted molar refractivity (Wildman–Crippen MR) is 133 cm³/mol. The van der Waals surface area contributed by atoms with Crippen LogP contribution in [0.3, 0.4) is 0 Å². The Hall–Kier alpha value is -4.30. The maximum absolute atomic E-state index is 13.0. The van der Waals surface area contributed by atoms with Crippen molar-refractivity contribution in [1.82, 2.24) is 15.3 Å². The van der Waals surface area contributed by atoms with Crippen LogP contribution in [0.5, 0.6) is 0 Å². The number of aliphatic hydroxyl groups is 1. The first kappa shape index (κ1) is 23.8. The number of piperidine rings is 1. The Morgan fingerprint density at radius 2 is 1.77 bits per heavy atom. The fraction of sp³-hybridized carbons (Fsp3) is 0.185. The summed E-state index contributed by atoms with van der Waals surface area (Å²) in [5, 5.41) is 22.5. The van der Waals surface area contributed by atoms with Crippen LogP contribution in [0.2, 0.25) is 0 Å². The fourth-order valence-electron chi connectivity index (χ4n) is 4.44. The van der Waals surface area contributed by atoms with Gasteiger partial charge >= 0.3 is 0 Å². The molecule has 5 rings (SSSR count). The van der Waals surface area contributed by atoms with Crippen molar-refractivity contribution in [3.05, 3.63) is 102 Å². The molecule has 2 aromatic carbocycles. The minimum Gasteiger partial charge on any atom is -0.483 e. The van der Waals surface area contributed by atoms with Gasteiger partial charge in [0.25, 0.3) is 12.4 Å². The van der Waals surface area contributed by atoms with E-state index in [1.54, 1.807) is 18.3 Å². The highest BCUT2D eigenvalue weighted by atomic mass is 16.3. The number of fused-ring (bicyclic) bond motifs is 1. The van der Waals surface area contributed by atoms with Crippen LogP contribution in [0, 0.1) is 0 Å². The van der Waals surface area contributed by atoms with Gasteiger partial charge in [0, 0.05) is 30.9 Å². The first-order valence-electron chi connectivity index (χ1n) is 11.2. The number of para-hydroxylation sites is 1. The topological polar surface area (TPSA) is 116 Å². The highest BCUT2D eigenvalue weighted by Gasteiger charge is 2.45. The molecule has 35 heavy (non-hydrogen) atoms. The zero-order valence-corrected chi connectivity index (χ0v) is 19.0. The van der Waals surface area contributed by atoms with Crippen LogP contribution in [0.1, 0.15) is 22.3 Å². The zero-order chi connectivity index (χ0) is 24.7. The van der Waals surface area contributed by atoms with Gasteiger partial charge in [-0.05, 0) is 42.3 Å². The molecule has 1 aliphatic rings. The van der Waals surface area contributed by atoms with Crippen LogP contribution in [0.15, 0.2) is 91.3 Å². The van der Waals surface area contributed by atoms with Gasteiger partial charge in [-0.2, -0.15) is 0 Å². The number of hydrogen-bond acceptors (Lipinski definition) is 6. The maximum atomic E-state index is 13.0. The number of nitrogens with one attached hydrogen (secondary N) is 1. The molecule has 0 radical (unpaired) electrons. The smallest absolute Gasteiger partial charge is 0.290 e. The number of rotatable bonds is 4. The summed E-state index contributed by atoms with van der Waals surface area (Å²) in [6.07, 6.45) is 2.88. The van der Waals surface area contributed by atoms with Crippen molar-refractivity contribution >= 4 is 29.1 Å². The zero-order valence-electron chi connectivity index (χ0n) is 19.0. The summed E-state index contributed by atoms with van der Waals surface area (Å²) >= 11 is 0. The summed E-state index contributed by atoms with van der Waals surface area (Å²) in [5.74, 6) is 0.571. The number of carboxylic acid groups (broad SMARTS) is 1. The number of amides is 1.